The smallest absolute Gasteiger partial charge is 0.335 e. The summed E-state index contributed by atoms with van der Waals surface area (Å²) in [5, 5.41) is 21.5. The molecule has 3 N–H and O–H groups in total. The lowest BCUT2D eigenvalue weighted by atomic mass is 10.1. The summed E-state index contributed by atoms with van der Waals surface area (Å²) in [6.07, 6.45) is 1.56. The van der Waals surface area contributed by atoms with Gasteiger partial charge in [-0.1, -0.05) is 6.07 Å². The first-order chi connectivity index (χ1) is 12.8. The molecule has 0 unspecified atom stereocenters. The summed E-state index contributed by atoms with van der Waals surface area (Å²) in [5.41, 5.74) is -0.00881. The summed E-state index contributed by atoms with van der Waals surface area (Å²) in [4.78, 5) is 23.4. The zero-order valence-corrected chi connectivity index (χ0v) is 15.1. The minimum atomic E-state index is -3.74. The number of carbonyl (C=O) groups is 2. The topological polar surface area (TPSA) is 124 Å². The van der Waals surface area contributed by atoms with Crippen molar-refractivity contribution in [2.24, 2.45) is 0 Å². The van der Waals surface area contributed by atoms with Gasteiger partial charge in [0.05, 0.1) is 16.0 Å². The van der Waals surface area contributed by atoms with Gasteiger partial charge in [-0.2, -0.15) is 4.31 Å². The maximum absolute atomic E-state index is 12.6. The molecule has 27 heavy (non-hydrogen) atoms. The van der Waals surface area contributed by atoms with Crippen molar-refractivity contribution in [1.29, 1.82) is 0 Å². The molecular formula is C18H18N2O6S. The molecule has 3 rings (SSSR count). The minimum absolute atomic E-state index is 0.0117. The van der Waals surface area contributed by atoms with E-state index in [1.165, 1.54) is 34.6 Å². The molecule has 1 aliphatic rings. The molecule has 0 spiro atoms. The third kappa shape index (κ3) is 3.93. The van der Waals surface area contributed by atoms with Crippen molar-refractivity contribution < 1.29 is 28.2 Å². The van der Waals surface area contributed by atoms with E-state index in [9.17, 15) is 23.1 Å². The van der Waals surface area contributed by atoms with E-state index in [1.54, 1.807) is 0 Å². The first-order valence-electron chi connectivity index (χ1n) is 8.27. The Hall–Kier alpha value is -2.91. The third-order valence-corrected chi connectivity index (χ3v) is 6.18. The van der Waals surface area contributed by atoms with Crippen molar-refractivity contribution in [1.82, 2.24) is 4.31 Å². The molecule has 0 radical (unpaired) electrons. The van der Waals surface area contributed by atoms with Gasteiger partial charge in [-0.3, -0.25) is 4.79 Å². The average molecular weight is 390 g/mol. The number of aromatic hydroxyl groups is 1. The molecular weight excluding hydrogens is 372 g/mol. The van der Waals surface area contributed by atoms with Crippen LogP contribution in [0.3, 0.4) is 0 Å². The summed E-state index contributed by atoms with van der Waals surface area (Å²) in [5.74, 6) is -2.26. The number of amides is 1. The molecule has 0 aliphatic carbocycles. The van der Waals surface area contributed by atoms with E-state index in [1.807, 2.05) is 0 Å². The van der Waals surface area contributed by atoms with Gasteiger partial charge in [0.2, 0.25) is 10.0 Å². The number of carboxylic acids is 1. The third-order valence-electron chi connectivity index (χ3n) is 4.28. The number of phenolic OH excluding ortho intramolecular Hbond substituents is 1. The maximum Gasteiger partial charge on any atom is 0.335 e. The van der Waals surface area contributed by atoms with Gasteiger partial charge in [0, 0.05) is 18.8 Å². The van der Waals surface area contributed by atoms with Crippen molar-refractivity contribution >= 4 is 27.6 Å². The highest BCUT2D eigenvalue weighted by Crippen LogP contribution is 2.26. The molecule has 2 aromatic rings. The summed E-state index contributed by atoms with van der Waals surface area (Å²) in [7, 11) is -3.74. The molecule has 0 atom stereocenters. The van der Waals surface area contributed by atoms with E-state index >= 15 is 0 Å². The molecule has 0 saturated carbocycles. The molecule has 1 saturated heterocycles. The summed E-state index contributed by atoms with van der Waals surface area (Å²) in [6.45, 7) is 0.847. The Morgan fingerprint density at radius 1 is 1.04 bits per heavy atom. The maximum atomic E-state index is 12.6. The van der Waals surface area contributed by atoms with Gasteiger partial charge in [-0.25, -0.2) is 13.2 Å². The Kier molecular flexibility index (Phi) is 5.15. The lowest BCUT2D eigenvalue weighted by molar-refractivity contribution is 0.0696. The molecule has 2 aromatic carbocycles. The molecule has 9 heteroatoms. The zero-order chi connectivity index (χ0) is 19.6. The Labute approximate surface area is 156 Å². The van der Waals surface area contributed by atoms with Crippen molar-refractivity contribution in [2.75, 3.05) is 18.4 Å². The fraction of sp³-hybridized carbons (Fsp3) is 0.222. The molecule has 0 bridgehead atoms. The zero-order valence-electron chi connectivity index (χ0n) is 14.3. The number of aromatic carboxylic acids is 1. The van der Waals surface area contributed by atoms with Crippen molar-refractivity contribution in [3.05, 3.63) is 53.6 Å². The number of carboxylic acid groups (broad SMARTS) is 1. The number of hydrogen-bond donors (Lipinski definition) is 3. The Balaban J connectivity index is 1.89. The highest BCUT2D eigenvalue weighted by atomic mass is 32.2. The Morgan fingerprint density at radius 2 is 1.74 bits per heavy atom. The standard InChI is InChI=1S/C18H18N2O6S/c21-16-7-6-14(27(25,26)20-8-1-2-9-20)11-15(16)17(22)19-13-5-3-4-12(10-13)18(23)24/h3-7,10-11,21H,1-2,8-9H2,(H,19,22)(H,23,24). The van der Waals surface area contributed by atoms with Gasteiger partial charge in [-0.05, 0) is 49.2 Å². The molecule has 0 aromatic heterocycles. The second-order valence-corrected chi connectivity index (χ2v) is 8.07. The number of sulfonamides is 1. The number of hydrogen-bond acceptors (Lipinski definition) is 5. The van der Waals surface area contributed by atoms with Crippen LogP contribution in [0.15, 0.2) is 47.4 Å². The van der Waals surface area contributed by atoms with Gasteiger partial charge < -0.3 is 15.5 Å². The van der Waals surface area contributed by atoms with Crippen LogP contribution in [0.5, 0.6) is 5.75 Å². The fourth-order valence-electron chi connectivity index (χ4n) is 2.86. The van der Waals surface area contributed by atoms with Crippen LogP contribution in [0.4, 0.5) is 5.69 Å². The van der Waals surface area contributed by atoms with E-state index in [0.717, 1.165) is 25.0 Å². The van der Waals surface area contributed by atoms with E-state index in [4.69, 9.17) is 5.11 Å². The second kappa shape index (κ2) is 7.37. The minimum Gasteiger partial charge on any atom is -0.507 e. The summed E-state index contributed by atoms with van der Waals surface area (Å²) in [6, 6.07) is 9.13. The van der Waals surface area contributed by atoms with Gasteiger partial charge in [0.25, 0.3) is 5.91 Å². The normalized spacial score (nSPS) is 14.8. The summed E-state index contributed by atoms with van der Waals surface area (Å²) >= 11 is 0. The molecule has 1 aliphatic heterocycles. The first-order valence-corrected chi connectivity index (χ1v) is 9.71. The predicted molar refractivity (Wildman–Crippen MR) is 97.5 cm³/mol. The van der Waals surface area contributed by atoms with Gasteiger partial charge in [0.15, 0.2) is 0 Å². The molecule has 1 heterocycles. The van der Waals surface area contributed by atoms with Crippen LogP contribution in [0.25, 0.3) is 0 Å². The number of nitrogens with zero attached hydrogens (tertiary/aromatic N) is 1. The van der Waals surface area contributed by atoms with Crippen molar-refractivity contribution in [2.45, 2.75) is 17.7 Å². The highest BCUT2D eigenvalue weighted by Gasteiger charge is 2.28. The molecule has 142 valence electrons. The molecule has 1 amide bonds. The Morgan fingerprint density at radius 3 is 2.41 bits per heavy atom. The lowest BCUT2D eigenvalue weighted by Crippen LogP contribution is -2.28. The van der Waals surface area contributed by atoms with Crippen molar-refractivity contribution in [3.8, 4) is 5.75 Å². The fourth-order valence-corrected chi connectivity index (χ4v) is 4.41. The van der Waals surface area contributed by atoms with Gasteiger partial charge in [0.1, 0.15) is 5.75 Å². The van der Waals surface area contributed by atoms with Gasteiger partial charge >= 0.3 is 5.97 Å². The number of nitrogens with one attached hydrogen (secondary N) is 1. The number of anilines is 1. The van der Waals surface area contributed by atoms with Crippen molar-refractivity contribution in [3.63, 3.8) is 0 Å². The molecule has 1 fully saturated rings. The van der Waals surface area contributed by atoms with Crippen LogP contribution in [0, 0.1) is 0 Å². The van der Waals surface area contributed by atoms with E-state index < -0.39 is 21.9 Å². The second-order valence-electron chi connectivity index (χ2n) is 6.13. The summed E-state index contributed by atoms with van der Waals surface area (Å²) < 4.78 is 26.6. The van der Waals surface area contributed by atoms with Gasteiger partial charge in [-0.15, -0.1) is 0 Å². The number of rotatable bonds is 5. The van der Waals surface area contributed by atoms with Crippen LogP contribution in [-0.4, -0.2) is 47.9 Å². The first kappa shape index (κ1) is 18.9. The Bertz CT molecular complexity index is 997. The average Bonchev–Trinajstić information content (AvgIpc) is 3.17. The monoisotopic (exact) mass is 390 g/mol. The molecule has 8 nitrogen and oxygen atoms in total. The SMILES string of the molecule is O=C(O)c1cccc(NC(=O)c2cc(S(=O)(=O)N3CCCC3)ccc2O)c1. The van der Waals surface area contributed by atoms with Crippen LogP contribution in [0.1, 0.15) is 33.6 Å². The number of benzene rings is 2. The number of carbonyl (C=O) groups excluding carboxylic acids is 1. The van der Waals surface area contributed by atoms with Crippen LogP contribution < -0.4 is 5.32 Å². The van der Waals surface area contributed by atoms with E-state index in [-0.39, 0.29) is 27.5 Å². The largest absolute Gasteiger partial charge is 0.507 e. The van der Waals surface area contributed by atoms with Crippen LogP contribution in [-0.2, 0) is 10.0 Å². The van der Waals surface area contributed by atoms with E-state index in [0.29, 0.717) is 13.1 Å². The number of phenols is 1. The van der Waals surface area contributed by atoms with E-state index in [2.05, 4.69) is 5.32 Å². The predicted octanol–water partition coefficient (Wildman–Crippen LogP) is 2.13. The quantitative estimate of drug-likeness (QED) is 0.718. The lowest BCUT2D eigenvalue weighted by Gasteiger charge is -2.16. The van der Waals surface area contributed by atoms with Crippen LogP contribution in [0.2, 0.25) is 0 Å². The highest BCUT2D eigenvalue weighted by molar-refractivity contribution is 7.89. The van der Waals surface area contributed by atoms with Crippen LogP contribution >= 0.6 is 0 Å².